The summed E-state index contributed by atoms with van der Waals surface area (Å²) < 4.78 is 93.0. The molecule has 0 saturated carbocycles. The SMILES string of the molecule is N#CCC(=O)N1N=C(c2ccccc2)CC1(O)C(F)(F)C(F)(F)C(F)(F)F. The first-order chi connectivity index (χ1) is 12.3. The molecule has 12 heteroatoms. The van der Waals surface area contributed by atoms with E-state index in [-0.39, 0.29) is 5.56 Å². The topological polar surface area (TPSA) is 76.7 Å². The zero-order valence-electron chi connectivity index (χ0n) is 13.1. The van der Waals surface area contributed by atoms with Crippen molar-refractivity contribution in [2.24, 2.45) is 5.10 Å². The van der Waals surface area contributed by atoms with Crippen molar-refractivity contribution in [2.75, 3.05) is 0 Å². The fourth-order valence-electron chi connectivity index (χ4n) is 2.42. The number of nitriles is 1. The minimum absolute atomic E-state index is 0.00862. The fraction of sp³-hybridized carbons (Fsp3) is 0.400. The molecule has 0 saturated heterocycles. The number of halogens is 7. The molecule has 0 aliphatic carbocycles. The highest BCUT2D eigenvalue weighted by molar-refractivity contribution is 6.03. The molecule has 0 radical (unpaired) electrons. The number of hydrazone groups is 1. The molecule has 2 rings (SSSR count). The first-order valence-corrected chi connectivity index (χ1v) is 7.17. The number of benzene rings is 1. The Morgan fingerprint density at radius 2 is 1.74 bits per heavy atom. The highest BCUT2D eigenvalue weighted by Gasteiger charge is 2.82. The molecule has 0 bridgehead atoms. The maximum Gasteiger partial charge on any atom is 0.460 e. The third-order valence-electron chi connectivity index (χ3n) is 3.81. The number of alkyl halides is 7. The van der Waals surface area contributed by atoms with Crippen LogP contribution in [0.1, 0.15) is 18.4 Å². The predicted molar refractivity (Wildman–Crippen MR) is 75.6 cm³/mol. The highest BCUT2D eigenvalue weighted by atomic mass is 19.4. The van der Waals surface area contributed by atoms with E-state index in [1.54, 1.807) is 0 Å². The molecule has 1 amide bonds. The van der Waals surface area contributed by atoms with Crippen molar-refractivity contribution in [1.82, 2.24) is 5.01 Å². The van der Waals surface area contributed by atoms with Crippen molar-refractivity contribution < 1.29 is 40.6 Å². The zero-order chi connectivity index (χ0) is 20.7. The molecule has 1 aromatic carbocycles. The van der Waals surface area contributed by atoms with Gasteiger partial charge in [-0.15, -0.1) is 0 Å². The number of carbonyl (C=O) groups excluding carboxylic acids is 1. The van der Waals surface area contributed by atoms with Crippen LogP contribution in [0.4, 0.5) is 30.7 Å². The van der Waals surface area contributed by atoms with Gasteiger partial charge in [0.25, 0.3) is 5.91 Å². The number of aliphatic hydroxyl groups is 1. The van der Waals surface area contributed by atoms with Gasteiger partial charge in [-0.25, -0.2) is 0 Å². The van der Waals surface area contributed by atoms with Gasteiger partial charge in [-0.05, 0) is 5.56 Å². The number of hydrogen-bond donors (Lipinski definition) is 1. The average molecular weight is 397 g/mol. The van der Waals surface area contributed by atoms with E-state index in [4.69, 9.17) is 5.26 Å². The Labute approximate surface area is 147 Å². The Bertz CT molecular complexity index is 802. The summed E-state index contributed by atoms with van der Waals surface area (Å²) in [4.78, 5) is 11.8. The van der Waals surface area contributed by atoms with Crippen LogP contribution < -0.4 is 0 Å². The Balaban J connectivity index is 2.59. The number of hydrogen-bond acceptors (Lipinski definition) is 4. The van der Waals surface area contributed by atoms with E-state index in [0.717, 1.165) is 0 Å². The van der Waals surface area contributed by atoms with E-state index in [2.05, 4.69) is 5.10 Å². The standard InChI is InChI=1S/C15H10F7N3O2/c16-13(17,14(18,19)15(20,21)22)12(27)8-10(9-4-2-1-3-5-9)24-25(12)11(26)6-7-23/h1-5,27H,6,8H2. The minimum Gasteiger partial charge on any atom is -0.364 e. The van der Waals surface area contributed by atoms with Crippen LogP contribution in [0.5, 0.6) is 0 Å². The summed E-state index contributed by atoms with van der Waals surface area (Å²) in [7, 11) is 0. The molecule has 1 unspecified atom stereocenters. The van der Waals surface area contributed by atoms with Crippen LogP contribution in [0, 0.1) is 11.3 Å². The Morgan fingerprint density at radius 3 is 2.22 bits per heavy atom. The monoisotopic (exact) mass is 397 g/mol. The van der Waals surface area contributed by atoms with Gasteiger partial charge >= 0.3 is 18.0 Å². The molecule has 27 heavy (non-hydrogen) atoms. The summed E-state index contributed by atoms with van der Waals surface area (Å²) in [5.41, 5.74) is -4.85. The molecule has 1 aliphatic rings. The van der Waals surface area contributed by atoms with E-state index in [9.17, 15) is 40.6 Å². The van der Waals surface area contributed by atoms with Gasteiger partial charge in [-0.1, -0.05) is 30.3 Å². The van der Waals surface area contributed by atoms with Crippen LogP contribution in [0.2, 0.25) is 0 Å². The third-order valence-corrected chi connectivity index (χ3v) is 3.81. The second-order valence-electron chi connectivity index (χ2n) is 5.59. The summed E-state index contributed by atoms with van der Waals surface area (Å²) in [6.45, 7) is 0. The van der Waals surface area contributed by atoms with Crippen molar-refractivity contribution >= 4 is 11.6 Å². The van der Waals surface area contributed by atoms with Crippen LogP contribution in [0.3, 0.4) is 0 Å². The van der Waals surface area contributed by atoms with E-state index >= 15 is 0 Å². The summed E-state index contributed by atoms with van der Waals surface area (Å²) in [5.74, 6) is -14.5. The molecule has 1 atom stereocenters. The predicted octanol–water partition coefficient (Wildman–Crippen LogP) is 3.06. The minimum atomic E-state index is -6.72. The van der Waals surface area contributed by atoms with E-state index < -0.39 is 53.2 Å². The highest BCUT2D eigenvalue weighted by Crippen LogP contribution is 2.54. The van der Waals surface area contributed by atoms with E-state index in [1.807, 2.05) is 0 Å². The quantitative estimate of drug-likeness (QED) is 0.794. The summed E-state index contributed by atoms with van der Waals surface area (Å²) in [5, 5.41) is 21.4. The number of amides is 1. The Hall–Kier alpha value is -2.68. The van der Waals surface area contributed by atoms with E-state index in [1.165, 1.54) is 36.4 Å². The lowest BCUT2D eigenvalue weighted by Crippen LogP contribution is -2.69. The van der Waals surface area contributed by atoms with Gasteiger partial charge in [-0.3, -0.25) is 4.79 Å². The van der Waals surface area contributed by atoms with Gasteiger partial charge in [0.2, 0.25) is 5.72 Å². The van der Waals surface area contributed by atoms with Crippen molar-refractivity contribution in [3.8, 4) is 6.07 Å². The molecule has 0 spiro atoms. The van der Waals surface area contributed by atoms with Crippen LogP contribution in [-0.2, 0) is 4.79 Å². The molecule has 0 fully saturated rings. The molecular weight excluding hydrogens is 387 g/mol. The normalized spacial score (nSPS) is 21.0. The molecule has 5 nitrogen and oxygen atoms in total. The maximum atomic E-state index is 14.3. The van der Waals surface area contributed by atoms with Crippen molar-refractivity contribution in [3.63, 3.8) is 0 Å². The lowest BCUT2D eigenvalue weighted by molar-refractivity contribution is -0.401. The molecule has 1 N–H and O–H groups in total. The molecule has 0 aromatic heterocycles. The van der Waals surface area contributed by atoms with Gasteiger partial charge in [0.15, 0.2) is 0 Å². The Morgan fingerprint density at radius 1 is 1.19 bits per heavy atom. The smallest absolute Gasteiger partial charge is 0.364 e. The van der Waals surface area contributed by atoms with Crippen molar-refractivity contribution in [3.05, 3.63) is 35.9 Å². The van der Waals surface area contributed by atoms with Crippen LogP contribution in [0.15, 0.2) is 35.4 Å². The fourth-order valence-corrected chi connectivity index (χ4v) is 2.42. The molecule has 1 aliphatic heterocycles. The van der Waals surface area contributed by atoms with Gasteiger partial charge in [0.05, 0.1) is 11.8 Å². The van der Waals surface area contributed by atoms with Gasteiger partial charge in [0.1, 0.15) is 6.42 Å². The zero-order valence-corrected chi connectivity index (χ0v) is 13.1. The van der Waals surface area contributed by atoms with Crippen LogP contribution in [-0.4, -0.2) is 45.5 Å². The Kier molecular flexibility index (Phi) is 4.96. The number of nitrogens with zero attached hydrogens (tertiary/aromatic N) is 3. The lowest BCUT2D eigenvalue weighted by atomic mass is 9.91. The average Bonchev–Trinajstić information content (AvgIpc) is 2.94. The first-order valence-electron chi connectivity index (χ1n) is 7.17. The van der Waals surface area contributed by atoms with Gasteiger partial charge in [-0.2, -0.15) is 46.1 Å². The van der Waals surface area contributed by atoms with Crippen LogP contribution in [0.25, 0.3) is 0 Å². The number of rotatable bonds is 4. The largest absolute Gasteiger partial charge is 0.460 e. The molecular formula is C15H10F7N3O2. The summed E-state index contributed by atoms with van der Waals surface area (Å²) in [6.07, 6.45) is -9.40. The van der Waals surface area contributed by atoms with Gasteiger partial charge < -0.3 is 5.11 Å². The van der Waals surface area contributed by atoms with Crippen molar-refractivity contribution in [2.45, 2.75) is 36.6 Å². The molecule has 146 valence electrons. The van der Waals surface area contributed by atoms with Gasteiger partial charge in [0, 0.05) is 6.42 Å². The molecule has 1 heterocycles. The molecule has 1 aromatic rings. The first kappa shape index (κ1) is 20.6. The second-order valence-corrected chi connectivity index (χ2v) is 5.59. The maximum absolute atomic E-state index is 14.3. The third kappa shape index (κ3) is 3.12. The van der Waals surface area contributed by atoms with Crippen LogP contribution >= 0.6 is 0 Å². The lowest BCUT2D eigenvalue weighted by Gasteiger charge is -2.41. The summed E-state index contributed by atoms with van der Waals surface area (Å²) in [6, 6.07) is 8.03. The summed E-state index contributed by atoms with van der Waals surface area (Å²) >= 11 is 0. The van der Waals surface area contributed by atoms with E-state index in [0.29, 0.717) is 0 Å². The van der Waals surface area contributed by atoms with Crippen molar-refractivity contribution in [1.29, 1.82) is 5.26 Å². The second kappa shape index (κ2) is 6.49. The number of carbonyl (C=O) groups is 1.